The van der Waals surface area contributed by atoms with E-state index in [2.05, 4.69) is 11.5 Å². The molecule has 1 fully saturated rings. The predicted molar refractivity (Wildman–Crippen MR) is 88.3 cm³/mol. The summed E-state index contributed by atoms with van der Waals surface area (Å²) < 4.78 is 5.28. The minimum absolute atomic E-state index is 0.192. The van der Waals surface area contributed by atoms with Gasteiger partial charge in [-0.25, -0.2) is 0 Å². The molecule has 0 spiro atoms. The van der Waals surface area contributed by atoms with Crippen LogP contribution in [0, 0.1) is 0 Å². The fourth-order valence-electron chi connectivity index (χ4n) is 3.28. The van der Waals surface area contributed by atoms with Gasteiger partial charge in [-0.1, -0.05) is 18.6 Å². The number of phenols is 1. The molecule has 122 valence electrons. The third-order valence-corrected chi connectivity index (χ3v) is 4.40. The number of rotatable bonds is 6. The molecule has 2 rings (SSSR count). The number of aliphatic hydroxyl groups is 1. The second-order valence-corrected chi connectivity index (χ2v) is 6.07. The standard InChI is InChI=1S/C18H27NO3/c1-4-7-15-10-14(11-17(22-3)18(15)21)12-19-9-6-5-8-16(19)13(2)20/h4,10-11,13,16,20-21H,1,5-9,12H2,2-3H3. The van der Waals surface area contributed by atoms with Crippen molar-refractivity contribution < 1.29 is 14.9 Å². The first-order valence-corrected chi connectivity index (χ1v) is 7.98. The number of nitrogens with zero attached hydrogens (tertiary/aromatic N) is 1. The lowest BCUT2D eigenvalue weighted by Gasteiger charge is -2.37. The number of piperidine rings is 1. The number of allylic oxidation sites excluding steroid dienone is 1. The van der Waals surface area contributed by atoms with Crippen LogP contribution in [0.25, 0.3) is 0 Å². The largest absolute Gasteiger partial charge is 0.504 e. The van der Waals surface area contributed by atoms with E-state index >= 15 is 0 Å². The highest BCUT2D eigenvalue weighted by Gasteiger charge is 2.26. The lowest BCUT2D eigenvalue weighted by Crippen LogP contribution is -2.45. The SMILES string of the molecule is C=CCc1cc(CN2CCCCC2C(C)O)cc(OC)c1O. The summed E-state index contributed by atoms with van der Waals surface area (Å²) in [7, 11) is 1.57. The van der Waals surface area contributed by atoms with Gasteiger partial charge in [0, 0.05) is 18.2 Å². The Bertz CT molecular complexity index is 513. The van der Waals surface area contributed by atoms with Crippen molar-refractivity contribution in [1.29, 1.82) is 0 Å². The van der Waals surface area contributed by atoms with Crippen LogP contribution in [-0.4, -0.2) is 40.9 Å². The fraction of sp³-hybridized carbons (Fsp3) is 0.556. The maximum absolute atomic E-state index is 10.2. The van der Waals surface area contributed by atoms with Crippen LogP contribution >= 0.6 is 0 Å². The van der Waals surface area contributed by atoms with Crippen LogP contribution in [0.5, 0.6) is 11.5 Å². The van der Waals surface area contributed by atoms with Gasteiger partial charge in [-0.15, -0.1) is 6.58 Å². The second kappa shape index (κ2) is 7.65. The van der Waals surface area contributed by atoms with Crippen LogP contribution in [0.4, 0.5) is 0 Å². The Morgan fingerprint density at radius 3 is 2.86 bits per heavy atom. The number of benzene rings is 1. The summed E-state index contributed by atoms with van der Waals surface area (Å²) in [4.78, 5) is 2.33. The van der Waals surface area contributed by atoms with Crippen molar-refractivity contribution in [2.24, 2.45) is 0 Å². The Kier molecular flexibility index (Phi) is 5.86. The second-order valence-electron chi connectivity index (χ2n) is 6.07. The van der Waals surface area contributed by atoms with Crippen molar-refractivity contribution in [3.05, 3.63) is 35.9 Å². The van der Waals surface area contributed by atoms with Crippen molar-refractivity contribution in [2.75, 3.05) is 13.7 Å². The van der Waals surface area contributed by atoms with Crippen molar-refractivity contribution >= 4 is 0 Å². The number of hydrogen-bond donors (Lipinski definition) is 2. The van der Waals surface area contributed by atoms with Crippen molar-refractivity contribution in [2.45, 2.75) is 51.3 Å². The molecule has 2 atom stereocenters. The van der Waals surface area contributed by atoms with E-state index < -0.39 is 0 Å². The molecule has 1 aromatic rings. The maximum atomic E-state index is 10.2. The Hall–Kier alpha value is -1.52. The Morgan fingerprint density at radius 1 is 1.45 bits per heavy atom. The van der Waals surface area contributed by atoms with E-state index in [0.717, 1.165) is 37.1 Å². The average Bonchev–Trinajstić information content (AvgIpc) is 2.51. The number of aliphatic hydroxyl groups excluding tert-OH is 1. The summed E-state index contributed by atoms with van der Waals surface area (Å²) in [6, 6.07) is 4.10. The van der Waals surface area contributed by atoms with Crippen LogP contribution in [0.1, 0.15) is 37.3 Å². The van der Waals surface area contributed by atoms with E-state index in [1.54, 1.807) is 13.2 Å². The van der Waals surface area contributed by atoms with Crippen LogP contribution in [0.2, 0.25) is 0 Å². The summed E-state index contributed by atoms with van der Waals surface area (Å²) >= 11 is 0. The molecule has 1 heterocycles. The molecule has 1 aromatic carbocycles. The molecule has 0 aliphatic carbocycles. The summed E-state index contributed by atoms with van der Waals surface area (Å²) in [5.74, 6) is 0.692. The monoisotopic (exact) mass is 305 g/mol. The van der Waals surface area contributed by atoms with Gasteiger partial charge in [0.1, 0.15) is 0 Å². The number of likely N-dealkylation sites (tertiary alicyclic amines) is 1. The average molecular weight is 305 g/mol. The third-order valence-electron chi connectivity index (χ3n) is 4.40. The van der Waals surface area contributed by atoms with Gasteiger partial charge in [0.05, 0.1) is 13.2 Å². The van der Waals surface area contributed by atoms with E-state index in [1.807, 2.05) is 19.1 Å². The molecule has 1 aliphatic heterocycles. The van der Waals surface area contributed by atoms with Crippen LogP contribution in [-0.2, 0) is 13.0 Å². The number of hydrogen-bond acceptors (Lipinski definition) is 4. The summed E-state index contributed by atoms with van der Waals surface area (Å²) in [5.41, 5.74) is 1.93. The highest BCUT2D eigenvalue weighted by molar-refractivity contribution is 5.49. The van der Waals surface area contributed by atoms with Gasteiger partial charge >= 0.3 is 0 Å². The molecule has 1 saturated heterocycles. The lowest BCUT2D eigenvalue weighted by atomic mass is 9.96. The molecule has 4 heteroatoms. The zero-order valence-corrected chi connectivity index (χ0v) is 13.6. The highest BCUT2D eigenvalue weighted by atomic mass is 16.5. The predicted octanol–water partition coefficient (Wildman–Crippen LogP) is 2.86. The normalized spacial score (nSPS) is 20.6. The molecule has 2 N–H and O–H groups in total. The van der Waals surface area contributed by atoms with Crippen molar-refractivity contribution in [3.8, 4) is 11.5 Å². The molecular weight excluding hydrogens is 278 g/mol. The Labute approximate surface area is 133 Å². The molecular formula is C18H27NO3. The third kappa shape index (κ3) is 3.81. The molecule has 22 heavy (non-hydrogen) atoms. The van der Waals surface area contributed by atoms with Gasteiger partial charge in [-0.3, -0.25) is 4.90 Å². The minimum atomic E-state index is -0.327. The molecule has 1 aliphatic rings. The van der Waals surface area contributed by atoms with Gasteiger partial charge in [-0.05, 0) is 44.4 Å². The smallest absolute Gasteiger partial charge is 0.161 e. The molecule has 0 amide bonds. The highest BCUT2D eigenvalue weighted by Crippen LogP contribution is 2.33. The van der Waals surface area contributed by atoms with Crippen molar-refractivity contribution in [3.63, 3.8) is 0 Å². The van der Waals surface area contributed by atoms with Gasteiger partial charge < -0.3 is 14.9 Å². The lowest BCUT2D eigenvalue weighted by molar-refractivity contribution is 0.0316. The molecule has 0 radical (unpaired) electrons. The summed E-state index contributed by atoms with van der Waals surface area (Å²) in [6.07, 6.45) is 5.43. The number of phenolic OH excluding ortho intramolecular Hbond substituents is 1. The molecule has 0 bridgehead atoms. The summed E-state index contributed by atoms with van der Waals surface area (Å²) in [6.45, 7) is 7.36. The quantitative estimate of drug-likeness (QED) is 0.794. The Morgan fingerprint density at radius 2 is 2.23 bits per heavy atom. The van der Waals surface area contributed by atoms with Gasteiger partial charge in [-0.2, -0.15) is 0 Å². The van der Waals surface area contributed by atoms with E-state index in [4.69, 9.17) is 4.74 Å². The topological polar surface area (TPSA) is 52.9 Å². The number of aromatic hydroxyl groups is 1. The Balaban J connectivity index is 2.24. The zero-order valence-electron chi connectivity index (χ0n) is 13.6. The maximum Gasteiger partial charge on any atom is 0.161 e. The van der Waals surface area contributed by atoms with E-state index in [9.17, 15) is 10.2 Å². The van der Waals surface area contributed by atoms with Crippen LogP contribution in [0.15, 0.2) is 24.8 Å². The number of methoxy groups -OCH3 is 1. The fourth-order valence-corrected chi connectivity index (χ4v) is 3.28. The van der Waals surface area contributed by atoms with E-state index in [-0.39, 0.29) is 17.9 Å². The minimum Gasteiger partial charge on any atom is -0.504 e. The molecule has 0 saturated carbocycles. The zero-order chi connectivity index (χ0) is 16.1. The summed E-state index contributed by atoms with van der Waals surface area (Å²) in [5, 5.41) is 20.2. The molecule has 4 nitrogen and oxygen atoms in total. The van der Waals surface area contributed by atoms with Gasteiger partial charge in [0.15, 0.2) is 11.5 Å². The number of ether oxygens (including phenoxy) is 1. The molecule has 2 unspecified atom stereocenters. The first-order valence-electron chi connectivity index (χ1n) is 7.98. The molecule has 0 aromatic heterocycles. The van der Waals surface area contributed by atoms with Crippen LogP contribution < -0.4 is 4.74 Å². The van der Waals surface area contributed by atoms with Crippen LogP contribution in [0.3, 0.4) is 0 Å². The van der Waals surface area contributed by atoms with Crippen molar-refractivity contribution in [1.82, 2.24) is 4.90 Å². The van der Waals surface area contributed by atoms with E-state index in [1.165, 1.54) is 6.42 Å². The van der Waals surface area contributed by atoms with Gasteiger partial charge in [0.25, 0.3) is 0 Å². The van der Waals surface area contributed by atoms with E-state index in [0.29, 0.717) is 12.2 Å². The first kappa shape index (κ1) is 16.8. The van der Waals surface area contributed by atoms with Gasteiger partial charge in [0.2, 0.25) is 0 Å². The first-order chi connectivity index (χ1) is 10.6.